The van der Waals surface area contributed by atoms with Crippen LogP contribution in [-0.4, -0.2) is 36.1 Å². The molecule has 0 aliphatic heterocycles. The Bertz CT molecular complexity index is 198. The van der Waals surface area contributed by atoms with Crippen LogP contribution in [0.5, 0.6) is 0 Å². The Kier molecular flexibility index (Phi) is 6.45. The van der Waals surface area contributed by atoms with Gasteiger partial charge in [-0.05, 0) is 33.6 Å². The highest BCUT2D eigenvalue weighted by Crippen LogP contribution is 2.20. The normalized spacial score (nSPS) is 27.5. The van der Waals surface area contributed by atoms with Crippen molar-refractivity contribution in [3.63, 3.8) is 0 Å². The molecule has 0 aromatic heterocycles. The summed E-state index contributed by atoms with van der Waals surface area (Å²) in [6.45, 7) is 7.30. The maximum Gasteiger partial charge on any atom is 0.0835 e. The third-order valence-corrected chi connectivity index (χ3v) is 3.12. The van der Waals surface area contributed by atoms with Crippen molar-refractivity contribution in [2.75, 3.05) is 13.2 Å². The standard InChI is InChI=1S/C14H28O3/c1-14(2,3)17-11-10-16-13-9-7-5-4-6-8-12(13)15/h12-13,15H,4-11H2,1-3H3. The maximum atomic E-state index is 9.97. The average molecular weight is 244 g/mol. The highest BCUT2D eigenvalue weighted by Gasteiger charge is 2.21. The molecule has 1 saturated carbocycles. The van der Waals surface area contributed by atoms with Gasteiger partial charge in [0.2, 0.25) is 0 Å². The average Bonchev–Trinajstić information content (AvgIpc) is 2.20. The molecule has 0 aromatic carbocycles. The number of hydrogen-bond acceptors (Lipinski definition) is 3. The molecule has 2 unspecified atom stereocenters. The van der Waals surface area contributed by atoms with Gasteiger partial charge in [-0.3, -0.25) is 0 Å². The minimum Gasteiger partial charge on any atom is -0.390 e. The third-order valence-electron chi connectivity index (χ3n) is 3.12. The lowest BCUT2D eigenvalue weighted by molar-refractivity contribution is -0.0867. The van der Waals surface area contributed by atoms with Gasteiger partial charge in [0.05, 0.1) is 31.0 Å². The molecule has 1 aliphatic rings. The summed E-state index contributed by atoms with van der Waals surface area (Å²) in [5, 5.41) is 9.97. The van der Waals surface area contributed by atoms with Crippen LogP contribution < -0.4 is 0 Å². The molecular formula is C14H28O3. The molecule has 0 bridgehead atoms. The molecule has 1 fully saturated rings. The molecular weight excluding hydrogens is 216 g/mol. The summed E-state index contributed by atoms with van der Waals surface area (Å²) >= 11 is 0. The zero-order valence-electron chi connectivity index (χ0n) is 11.6. The van der Waals surface area contributed by atoms with E-state index in [2.05, 4.69) is 0 Å². The van der Waals surface area contributed by atoms with Gasteiger partial charge in [0.15, 0.2) is 0 Å². The third kappa shape index (κ3) is 7.02. The van der Waals surface area contributed by atoms with Crippen molar-refractivity contribution in [2.45, 2.75) is 77.1 Å². The van der Waals surface area contributed by atoms with Gasteiger partial charge in [-0.2, -0.15) is 0 Å². The molecule has 0 aromatic rings. The second kappa shape index (κ2) is 7.34. The Morgan fingerprint density at radius 2 is 1.65 bits per heavy atom. The summed E-state index contributed by atoms with van der Waals surface area (Å²) in [7, 11) is 0. The molecule has 3 nitrogen and oxygen atoms in total. The van der Waals surface area contributed by atoms with Gasteiger partial charge >= 0.3 is 0 Å². The van der Waals surface area contributed by atoms with Gasteiger partial charge in [-0.25, -0.2) is 0 Å². The second-order valence-corrected chi connectivity index (χ2v) is 5.93. The van der Waals surface area contributed by atoms with Crippen molar-refractivity contribution < 1.29 is 14.6 Å². The maximum absolute atomic E-state index is 9.97. The summed E-state index contributed by atoms with van der Waals surface area (Å²) in [5.74, 6) is 0. The van der Waals surface area contributed by atoms with Gasteiger partial charge in [0, 0.05) is 0 Å². The molecule has 0 amide bonds. The van der Waals surface area contributed by atoms with Crippen molar-refractivity contribution >= 4 is 0 Å². The van der Waals surface area contributed by atoms with Crippen LogP contribution >= 0.6 is 0 Å². The smallest absolute Gasteiger partial charge is 0.0835 e. The Hall–Kier alpha value is -0.120. The second-order valence-electron chi connectivity index (χ2n) is 5.93. The van der Waals surface area contributed by atoms with E-state index >= 15 is 0 Å². The molecule has 0 heterocycles. The molecule has 0 spiro atoms. The molecule has 3 heteroatoms. The zero-order chi connectivity index (χ0) is 12.7. The fourth-order valence-corrected chi connectivity index (χ4v) is 2.17. The van der Waals surface area contributed by atoms with Crippen LogP contribution in [0.2, 0.25) is 0 Å². The molecule has 2 atom stereocenters. The summed E-state index contributed by atoms with van der Waals surface area (Å²) in [5.41, 5.74) is -0.108. The van der Waals surface area contributed by atoms with E-state index < -0.39 is 0 Å². The number of rotatable bonds is 4. The number of aliphatic hydroxyl groups excluding tert-OH is 1. The fourth-order valence-electron chi connectivity index (χ4n) is 2.17. The Labute approximate surface area is 105 Å². The molecule has 1 aliphatic carbocycles. The largest absolute Gasteiger partial charge is 0.390 e. The Balaban J connectivity index is 2.19. The first kappa shape index (κ1) is 14.9. The van der Waals surface area contributed by atoms with E-state index in [1.165, 1.54) is 19.3 Å². The van der Waals surface area contributed by atoms with Crippen LogP contribution in [0.4, 0.5) is 0 Å². The quantitative estimate of drug-likeness (QED) is 0.773. The zero-order valence-corrected chi connectivity index (χ0v) is 11.6. The van der Waals surface area contributed by atoms with Gasteiger partial charge in [-0.15, -0.1) is 0 Å². The van der Waals surface area contributed by atoms with Crippen molar-refractivity contribution in [3.05, 3.63) is 0 Å². The highest BCUT2D eigenvalue weighted by atomic mass is 16.5. The Morgan fingerprint density at radius 3 is 2.29 bits per heavy atom. The fraction of sp³-hybridized carbons (Fsp3) is 1.00. The van der Waals surface area contributed by atoms with Crippen LogP contribution in [-0.2, 0) is 9.47 Å². The van der Waals surface area contributed by atoms with E-state index in [0.717, 1.165) is 19.3 Å². The first-order chi connectivity index (χ1) is 7.99. The number of hydrogen-bond donors (Lipinski definition) is 1. The monoisotopic (exact) mass is 244 g/mol. The Morgan fingerprint density at radius 1 is 1.00 bits per heavy atom. The van der Waals surface area contributed by atoms with E-state index in [4.69, 9.17) is 9.47 Å². The first-order valence-electron chi connectivity index (χ1n) is 6.93. The lowest BCUT2D eigenvalue weighted by atomic mass is 9.96. The number of aliphatic hydroxyl groups is 1. The van der Waals surface area contributed by atoms with Crippen molar-refractivity contribution in [2.24, 2.45) is 0 Å². The van der Waals surface area contributed by atoms with E-state index in [0.29, 0.717) is 13.2 Å². The van der Waals surface area contributed by atoms with Crippen LogP contribution in [0, 0.1) is 0 Å². The molecule has 0 radical (unpaired) electrons. The van der Waals surface area contributed by atoms with Crippen LogP contribution in [0.1, 0.15) is 59.3 Å². The molecule has 1 N–H and O–H groups in total. The number of ether oxygens (including phenoxy) is 2. The predicted octanol–water partition coefficient (Wildman–Crippen LogP) is 2.90. The molecule has 102 valence electrons. The highest BCUT2D eigenvalue weighted by molar-refractivity contribution is 4.72. The summed E-state index contributed by atoms with van der Waals surface area (Å²) < 4.78 is 11.4. The molecule has 17 heavy (non-hydrogen) atoms. The topological polar surface area (TPSA) is 38.7 Å². The van der Waals surface area contributed by atoms with E-state index in [1.54, 1.807) is 0 Å². The van der Waals surface area contributed by atoms with E-state index in [9.17, 15) is 5.11 Å². The van der Waals surface area contributed by atoms with E-state index in [1.807, 2.05) is 20.8 Å². The minimum absolute atomic E-state index is 0.0128. The predicted molar refractivity (Wildman–Crippen MR) is 69.2 cm³/mol. The van der Waals surface area contributed by atoms with Crippen LogP contribution in [0.3, 0.4) is 0 Å². The summed E-state index contributed by atoms with van der Waals surface area (Å²) in [4.78, 5) is 0. The van der Waals surface area contributed by atoms with Crippen LogP contribution in [0.25, 0.3) is 0 Å². The summed E-state index contributed by atoms with van der Waals surface area (Å²) in [6.07, 6.45) is 6.40. The van der Waals surface area contributed by atoms with E-state index in [-0.39, 0.29) is 17.8 Å². The summed E-state index contributed by atoms with van der Waals surface area (Å²) in [6, 6.07) is 0. The van der Waals surface area contributed by atoms with Crippen molar-refractivity contribution in [3.8, 4) is 0 Å². The first-order valence-corrected chi connectivity index (χ1v) is 6.93. The van der Waals surface area contributed by atoms with Crippen molar-refractivity contribution in [1.29, 1.82) is 0 Å². The van der Waals surface area contributed by atoms with Crippen molar-refractivity contribution in [1.82, 2.24) is 0 Å². The van der Waals surface area contributed by atoms with Crippen LogP contribution in [0.15, 0.2) is 0 Å². The van der Waals surface area contributed by atoms with Gasteiger partial charge < -0.3 is 14.6 Å². The molecule has 0 saturated heterocycles. The lowest BCUT2D eigenvalue weighted by Gasteiger charge is -2.26. The SMILES string of the molecule is CC(C)(C)OCCOC1CCCCCCC1O. The molecule has 1 rings (SSSR count). The minimum atomic E-state index is -0.287. The van der Waals surface area contributed by atoms with Gasteiger partial charge in [0.25, 0.3) is 0 Å². The van der Waals surface area contributed by atoms with Gasteiger partial charge in [-0.1, -0.05) is 25.7 Å². The lowest BCUT2D eigenvalue weighted by Crippen LogP contribution is -2.32. The van der Waals surface area contributed by atoms with Gasteiger partial charge in [0.1, 0.15) is 0 Å².